The molecule has 4 rings (SSSR count). The fraction of sp³-hybridized carbons (Fsp3) is 0.0714. The number of nitro groups is 1. The number of carbonyl (C=O) groups is 1. The quantitative estimate of drug-likeness (QED) is 0.118. The fourth-order valence-electron chi connectivity index (χ4n) is 3.54. The summed E-state index contributed by atoms with van der Waals surface area (Å²) < 4.78 is 62.2. The number of rotatable bonds is 10. The van der Waals surface area contributed by atoms with Crippen molar-refractivity contribution in [2.45, 2.75) is 23.6 Å². The van der Waals surface area contributed by atoms with Gasteiger partial charge in [-0.2, -0.15) is 21.9 Å². The molecule has 0 spiro atoms. The normalized spacial score (nSPS) is 11.7. The Kier molecular flexibility index (Phi) is 8.68. The monoisotopic (exact) mass is 609 g/mol. The van der Waals surface area contributed by atoms with E-state index in [0.29, 0.717) is 0 Å². The summed E-state index contributed by atoms with van der Waals surface area (Å²) in [4.78, 5) is 22.7. The van der Waals surface area contributed by atoms with Gasteiger partial charge < -0.3 is 8.37 Å². The summed E-state index contributed by atoms with van der Waals surface area (Å²) in [5.74, 6) is -1.51. The Hall–Kier alpha value is -5.08. The van der Waals surface area contributed by atoms with Crippen LogP contribution in [0.4, 0.5) is 5.69 Å². The zero-order valence-electron chi connectivity index (χ0n) is 22.1. The Labute approximate surface area is 241 Å². The van der Waals surface area contributed by atoms with E-state index < -0.39 is 36.8 Å². The summed E-state index contributed by atoms with van der Waals surface area (Å²) in [5, 5.41) is 15.0. The molecule has 0 saturated heterocycles. The smallest absolute Gasteiger partial charge is 0.339 e. The molecule has 1 N–H and O–H groups in total. The van der Waals surface area contributed by atoms with Gasteiger partial charge in [-0.05, 0) is 56.3 Å². The van der Waals surface area contributed by atoms with E-state index in [0.717, 1.165) is 29.5 Å². The maximum atomic E-state index is 13.0. The first-order chi connectivity index (χ1) is 19.9. The van der Waals surface area contributed by atoms with Gasteiger partial charge in [-0.25, -0.2) is 5.43 Å². The van der Waals surface area contributed by atoms with Crippen LogP contribution in [0.15, 0.2) is 106 Å². The van der Waals surface area contributed by atoms with Gasteiger partial charge in [0.2, 0.25) is 0 Å². The van der Waals surface area contributed by atoms with Crippen molar-refractivity contribution in [1.29, 1.82) is 0 Å². The summed E-state index contributed by atoms with van der Waals surface area (Å²) >= 11 is 0. The lowest BCUT2D eigenvalue weighted by Crippen LogP contribution is -2.19. The van der Waals surface area contributed by atoms with Crippen LogP contribution in [-0.4, -0.2) is 33.9 Å². The summed E-state index contributed by atoms with van der Waals surface area (Å²) in [5.41, 5.74) is 3.12. The number of hydrogen-bond donors (Lipinski definition) is 1. The van der Waals surface area contributed by atoms with Crippen molar-refractivity contribution in [2.75, 3.05) is 0 Å². The molecule has 0 atom stereocenters. The van der Waals surface area contributed by atoms with Crippen LogP contribution >= 0.6 is 0 Å². The van der Waals surface area contributed by atoms with Crippen molar-refractivity contribution in [3.8, 4) is 11.5 Å². The molecular weight excluding hydrogens is 586 g/mol. The first kappa shape index (κ1) is 29.9. The Morgan fingerprint density at radius 3 is 1.93 bits per heavy atom. The summed E-state index contributed by atoms with van der Waals surface area (Å²) in [6.45, 7) is 3.57. The molecule has 216 valence electrons. The minimum atomic E-state index is -4.40. The van der Waals surface area contributed by atoms with Crippen LogP contribution in [0.5, 0.6) is 11.5 Å². The number of nitro benzene ring substituents is 1. The van der Waals surface area contributed by atoms with Crippen LogP contribution in [0, 0.1) is 24.0 Å². The average molecular weight is 610 g/mol. The zero-order chi connectivity index (χ0) is 30.5. The topological polar surface area (TPSA) is 171 Å². The molecule has 0 radical (unpaired) electrons. The highest BCUT2D eigenvalue weighted by Gasteiger charge is 2.22. The minimum Gasteiger partial charge on any atom is -0.379 e. The average Bonchev–Trinajstić information content (AvgIpc) is 2.94. The molecule has 0 bridgehead atoms. The third-order valence-electron chi connectivity index (χ3n) is 5.72. The van der Waals surface area contributed by atoms with Gasteiger partial charge in [-0.3, -0.25) is 14.9 Å². The van der Waals surface area contributed by atoms with Crippen LogP contribution in [0.25, 0.3) is 0 Å². The van der Waals surface area contributed by atoms with Crippen molar-refractivity contribution >= 4 is 38.0 Å². The molecule has 0 fully saturated rings. The standard InChI is InChI=1S/C28H23N3O9S2/c1-19-7-13-23(14-8-19)41(35,36)39-22-12-11-21(18-29-30-28(32)25-5-3-4-6-26(25)31(33)34)27(17-22)40-42(37,38)24-15-9-20(2)10-16-24/h3-18H,1-2H3,(H,30,32)/b29-18+. The summed E-state index contributed by atoms with van der Waals surface area (Å²) in [6, 6.07) is 20.5. The number of benzene rings is 4. The van der Waals surface area contributed by atoms with E-state index in [1.165, 1.54) is 54.6 Å². The lowest BCUT2D eigenvalue weighted by atomic mass is 10.2. The number of nitrogens with one attached hydrogen (secondary N) is 1. The molecule has 12 nitrogen and oxygen atoms in total. The Morgan fingerprint density at radius 2 is 1.36 bits per heavy atom. The maximum absolute atomic E-state index is 13.0. The molecule has 14 heteroatoms. The van der Waals surface area contributed by atoms with E-state index in [9.17, 15) is 31.7 Å². The van der Waals surface area contributed by atoms with Gasteiger partial charge in [0.1, 0.15) is 21.1 Å². The predicted octanol–water partition coefficient (Wildman–Crippen LogP) is 4.51. The molecule has 1 amide bonds. The second-order valence-corrected chi connectivity index (χ2v) is 12.0. The van der Waals surface area contributed by atoms with Gasteiger partial charge in [0.15, 0.2) is 5.75 Å². The van der Waals surface area contributed by atoms with Crippen LogP contribution < -0.4 is 13.8 Å². The van der Waals surface area contributed by atoms with E-state index >= 15 is 0 Å². The number of aryl methyl sites for hydroxylation is 2. The predicted molar refractivity (Wildman–Crippen MR) is 153 cm³/mol. The summed E-state index contributed by atoms with van der Waals surface area (Å²) in [6.07, 6.45) is 1.03. The van der Waals surface area contributed by atoms with Crippen LogP contribution in [-0.2, 0) is 20.2 Å². The second-order valence-electron chi connectivity index (χ2n) is 8.87. The summed E-state index contributed by atoms with van der Waals surface area (Å²) in [7, 11) is -8.68. The van der Waals surface area contributed by atoms with E-state index in [2.05, 4.69) is 10.5 Å². The molecule has 0 heterocycles. The lowest BCUT2D eigenvalue weighted by Gasteiger charge is -2.12. The molecule has 4 aromatic rings. The molecule has 0 aliphatic rings. The SMILES string of the molecule is Cc1ccc(S(=O)(=O)Oc2ccc(/C=N/NC(=O)c3ccccc3[N+](=O)[O-])c(OS(=O)(=O)c3ccc(C)cc3)c2)cc1. The Morgan fingerprint density at radius 1 is 0.810 bits per heavy atom. The molecule has 0 saturated carbocycles. The molecule has 0 aliphatic heterocycles. The number of para-hydroxylation sites is 1. The maximum Gasteiger partial charge on any atom is 0.339 e. The largest absolute Gasteiger partial charge is 0.379 e. The van der Waals surface area contributed by atoms with Crippen LogP contribution in [0.1, 0.15) is 27.0 Å². The van der Waals surface area contributed by atoms with E-state index in [-0.39, 0.29) is 32.4 Å². The van der Waals surface area contributed by atoms with Crippen LogP contribution in [0.3, 0.4) is 0 Å². The van der Waals surface area contributed by atoms with E-state index in [1.807, 2.05) is 0 Å². The molecule has 0 aromatic heterocycles. The van der Waals surface area contributed by atoms with E-state index in [4.69, 9.17) is 8.37 Å². The Balaban J connectivity index is 1.66. The molecule has 42 heavy (non-hydrogen) atoms. The van der Waals surface area contributed by atoms with Gasteiger partial charge in [-0.15, -0.1) is 0 Å². The number of nitrogens with zero attached hydrogens (tertiary/aromatic N) is 2. The highest BCUT2D eigenvalue weighted by atomic mass is 32.2. The van der Waals surface area contributed by atoms with Crippen molar-refractivity contribution in [2.24, 2.45) is 5.10 Å². The number of amides is 1. The highest BCUT2D eigenvalue weighted by molar-refractivity contribution is 7.87. The van der Waals surface area contributed by atoms with Gasteiger partial charge in [0, 0.05) is 17.7 Å². The van der Waals surface area contributed by atoms with Gasteiger partial charge in [0.25, 0.3) is 11.6 Å². The number of hydrogen-bond acceptors (Lipinski definition) is 10. The van der Waals surface area contributed by atoms with Crippen molar-refractivity contribution in [1.82, 2.24) is 5.43 Å². The highest BCUT2D eigenvalue weighted by Crippen LogP contribution is 2.29. The van der Waals surface area contributed by atoms with Gasteiger partial charge in [0.05, 0.1) is 11.1 Å². The van der Waals surface area contributed by atoms with Crippen molar-refractivity contribution in [3.63, 3.8) is 0 Å². The van der Waals surface area contributed by atoms with Gasteiger partial charge in [-0.1, -0.05) is 47.5 Å². The van der Waals surface area contributed by atoms with Gasteiger partial charge >= 0.3 is 20.2 Å². The molecule has 0 aliphatic carbocycles. The van der Waals surface area contributed by atoms with Crippen molar-refractivity contribution in [3.05, 3.63) is 123 Å². The van der Waals surface area contributed by atoms with Crippen molar-refractivity contribution < 1.29 is 34.9 Å². The molecular formula is C28H23N3O9S2. The number of hydrazone groups is 1. The van der Waals surface area contributed by atoms with E-state index in [1.54, 1.807) is 38.1 Å². The minimum absolute atomic E-state index is 0.00799. The Bertz CT molecular complexity index is 1890. The lowest BCUT2D eigenvalue weighted by molar-refractivity contribution is -0.385. The second kappa shape index (κ2) is 12.2. The zero-order valence-corrected chi connectivity index (χ0v) is 23.8. The third kappa shape index (κ3) is 7.16. The first-order valence-corrected chi connectivity index (χ1v) is 14.9. The molecule has 0 unspecified atom stereocenters. The third-order valence-corrected chi connectivity index (χ3v) is 8.23. The van der Waals surface area contributed by atoms with Crippen LogP contribution in [0.2, 0.25) is 0 Å². The fourth-order valence-corrected chi connectivity index (χ4v) is 5.41. The molecule has 4 aromatic carbocycles. The first-order valence-electron chi connectivity index (χ1n) is 12.1. The number of carbonyl (C=O) groups excluding carboxylic acids is 1.